The minimum Gasteiger partial charge on any atom is -0.507 e. The molecule has 4 amide bonds. The number of benzene rings is 4. The van der Waals surface area contributed by atoms with E-state index in [1.54, 1.807) is 60.7 Å². The fraction of sp³-hybridized carbons (Fsp3) is 0. The van der Waals surface area contributed by atoms with Gasteiger partial charge in [-0.15, -0.1) is 0 Å². The fourth-order valence-electron chi connectivity index (χ4n) is 4.68. The first-order valence-electron chi connectivity index (χ1n) is 14.6. The molecule has 0 saturated carbocycles. The molecular formula is C36H24I2N4O9. The van der Waals surface area contributed by atoms with Crippen LogP contribution in [0.5, 0.6) is 5.75 Å². The van der Waals surface area contributed by atoms with Crippen LogP contribution in [-0.2, 0) is 24.0 Å². The van der Waals surface area contributed by atoms with E-state index in [1.165, 1.54) is 41.4 Å². The van der Waals surface area contributed by atoms with Gasteiger partial charge in [0.2, 0.25) is 0 Å². The molecule has 0 aromatic heterocycles. The van der Waals surface area contributed by atoms with E-state index in [0.29, 0.717) is 28.1 Å². The maximum Gasteiger partial charge on any atom is 0.339 e. The lowest BCUT2D eigenvalue weighted by molar-refractivity contribution is -0.131. The summed E-state index contributed by atoms with van der Waals surface area (Å²) in [6, 6.07) is 24.9. The van der Waals surface area contributed by atoms with E-state index in [1.807, 2.05) is 12.1 Å². The maximum atomic E-state index is 12.5. The zero-order chi connectivity index (χ0) is 36.8. The van der Waals surface area contributed by atoms with Crippen LogP contribution in [0.3, 0.4) is 0 Å². The van der Waals surface area contributed by atoms with E-state index in [-0.39, 0.29) is 16.7 Å². The number of carbonyl (C=O) groups excluding carboxylic acids is 4. The standard InChI is InChI=1S/C19H13IN2O4.C17H11IN2O5/c20-14-6-8-15(9-7-14)22-19(26)16(18(25)21-22)11-13-3-1-12(2-4-13)5-10-17(23)24;18-10-2-4-11(5-3-10)20-16(23)13(15(22)19-20)8-9-1-6-14(21)12(7-9)17(24)25/h1-11H,(H,21,25)(H,23,24);1-8,21H,(H,19,22)(H,24,25)/b10-5+,16-11?;. The molecule has 2 heterocycles. The lowest BCUT2D eigenvalue weighted by Gasteiger charge is -2.14. The average molecular weight is 910 g/mol. The molecule has 2 aliphatic heterocycles. The molecule has 0 unspecified atom stereocenters. The minimum absolute atomic E-state index is 0.0392. The average Bonchev–Trinajstić information content (AvgIpc) is 3.54. The number of carboxylic acid groups (broad SMARTS) is 2. The van der Waals surface area contributed by atoms with E-state index < -0.39 is 41.3 Å². The van der Waals surface area contributed by atoms with Crippen LogP contribution in [0.25, 0.3) is 18.2 Å². The number of phenols is 1. The Hall–Kier alpha value is -5.82. The first-order chi connectivity index (χ1) is 24.3. The Morgan fingerprint density at radius 3 is 1.49 bits per heavy atom. The third-order valence-corrected chi connectivity index (χ3v) is 8.62. The van der Waals surface area contributed by atoms with Crippen LogP contribution >= 0.6 is 45.2 Å². The number of amides is 4. The van der Waals surface area contributed by atoms with Crippen molar-refractivity contribution in [2.24, 2.45) is 0 Å². The van der Waals surface area contributed by atoms with Gasteiger partial charge < -0.3 is 15.3 Å². The highest BCUT2D eigenvalue weighted by Crippen LogP contribution is 2.25. The molecule has 0 radical (unpaired) electrons. The highest BCUT2D eigenvalue weighted by molar-refractivity contribution is 14.1. The zero-order valence-corrected chi connectivity index (χ0v) is 30.2. The van der Waals surface area contributed by atoms with E-state index in [2.05, 4.69) is 56.0 Å². The molecule has 4 aromatic rings. The van der Waals surface area contributed by atoms with Gasteiger partial charge in [-0.3, -0.25) is 30.0 Å². The van der Waals surface area contributed by atoms with Crippen LogP contribution in [0.15, 0.2) is 108 Å². The summed E-state index contributed by atoms with van der Waals surface area (Å²) < 4.78 is 2.01. The Morgan fingerprint density at radius 1 is 0.608 bits per heavy atom. The lowest BCUT2D eigenvalue weighted by atomic mass is 10.1. The van der Waals surface area contributed by atoms with Crippen molar-refractivity contribution in [2.45, 2.75) is 0 Å². The van der Waals surface area contributed by atoms with Crippen LogP contribution in [0.1, 0.15) is 27.0 Å². The number of hydrogen-bond donors (Lipinski definition) is 5. The number of nitrogens with one attached hydrogen (secondary N) is 2. The van der Waals surface area contributed by atoms with Crippen molar-refractivity contribution in [2.75, 3.05) is 10.0 Å². The summed E-state index contributed by atoms with van der Waals surface area (Å²) >= 11 is 4.29. The molecule has 0 aliphatic carbocycles. The molecule has 13 nitrogen and oxygen atoms in total. The first-order valence-corrected chi connectivity index (χ1v) is 16.8. The van der Waals surface area contributed by atoms with Gasteiger partial charge in [-0.25, -0.2) is 19.6 Å². The largest absolute Gasteiger partial charge is 0.507 e. The van der Waals surface area contributed by atoms with E-state index in [9.17, 15) is 33.9 Å². The number of aliphatic carboxylic acids is 1. The second kappa shape index (κ2) is 15.8. The summed E-state index contributed by atoms with van der Waals surface area (Å²) in [4.78, 5) is 70.9. The maximum absolute atomic E-state index is 12.5. The van der Waals surface area contributed by atoms with Crippen molar-refractivity contribution in [1.82, 2.24) is 10.9 Å². The number of carbonyl (C=O) groups is 6. The molecule has 256 valence electrons. The Bertz CT molecular complexity index is 2160. The Labute approximate surface area is 316 Å². The number of rotatable bonds is 7. The van der Waals surface area contributed by atoms with Gasteiger partial charge in [-0.05, 0) is 141 Å². The number of carboxylic acids is 2. The van der Waals surface area contributed by atoms with Crippen LogP contribution < -0.4 is 20.9 Å². The number of hydrogen-bond acceptors (Lipinski definition) is 7. The van der Waals surface area contributed by atoms with Gasteiger partial charge in [0.15, 0.2) is 0 Å². The van der Waals surface area contributed by atoms with Gasteiger partial charge in [0, 0.05) is 13.2 Å². The fourth-order valence-corrected chi connectivity index (χ4v) is 5.40. The molecule has 4 aromatic carbocycles. The molecular weight excluding hydrogens is 886 g/mol. The Balaban J connectivity index is 0.000000198. The van der Waals surface area contributed by atoms with Gasteiger partial charge >= 0.3 is 11.9 Å². The van der Waals surface area contributed by atoms with Crippen LogP contribution in [0.4, 0.5) is 11.4 Å². The number of aromatic carboxylic acids is 1. The van der Waals surface area contributed by atoms with Gasteiger partial charge in [0.05, 0.1) is 11.4 Å². The quantitative estimate of drug-likeness (QED) is 0.0964. The van der Waals surface area contributed by atoms with E-state index >= 15 is 0 Å². The predicted molar refractivity (Wildman–Crippen MR) is 204 cm³/mol. The predicted octanol–water partition coefficient (Wildman–Crippen LogP) is 5.01. The number of halogens is 2. The molecule has 2 saturated heterocycles. The third kappa shape index (κ3) is 8.86. The summed E-state index contributed by atoms with van der Waals surface area (Å²) in [7, 11) is 0. The molecule has 0 atom stereocenters. The summed E-state index contributed by atoms with van der Waals surface area (Å²) in [5.41, 5.74) is 7.41. The number of anilines is 2. The number of nitrogens with zero attached hydrogens (tertiary/aromatic N) is 2. The van der Waals surface area contributed by atoms with Crippen molar-refractivity contribution in [3.63, 3.8) is 0 Å². The summed E-state index contributed by atoms with van der Waals surface area (Å²) in [5, 5.41) is 29.5. The molecule has 6 rings (SSSR count). The van der Waals surface area contributed by atoms with Gasteiger partial charge in [-0.2, -0.15) is 0 Å². The SMILES string of the molecule is O=C(O)/C=C/c1ccc(C=C2C(=O)NN(c3ccc(I)cc3)C2=O)cc1.O=C1NN(c2ccc(I)cc2)C(=O)C1=Cc1ccc(O)c(C(=O)O)c1. The Morgan fingerprint density at radius 2 is 1.04 bits per heavy atom. The normalized spacial score (nSPS) is 15.6. The van der Waals surface area contributed by atoms with Crippen LogP contribution in [0.2, 0.25) is 0 Å². The molecule has 15 heteroatoms. The van der Waals surface area contributed by atoms with Gasteiger partial charge in [-0.1, -0.05) is 30.3 Å². The highest BCUT2D eigenvalue weighted by Gasteiger charge is 2.35. The van der Waals surface area contributed by atoms with Crippen molar-refractivity contribution >= 4 is 110 Å². The van der Waals surface area contributed by atoms with E-state index in [4.69, 9.17) is 10.2 Å². The molecule has 2 aliphatic rings. The molecule has 2 fully saturated rings. The molecule has 0 bridgehead atoms. The molecule has 5 N–H and O–H groups in total. The van der Waals surface area contributed by atoms with Crippen molar-refractivity contribution in [3.8, 4) is 5.75 Å². The van der Waals surface area contributed by atoms with Crippen molar-refractivity contribution in [1.29, 1.82) is 0 Å². The number of hydrazine groups is 2. The van der Waals surface area contributed by atoms with Gasteiger partial charge in [0.25, 0.3) is 23.6 Å². The first kappa shape index (κ1) is 36.5. The van der Waals surface area contributed by atoms with Crippen molar-refractivity contribution < 1.29 is 44.1 Å². The highest BCUT2D eigenvalue weighted by atomic mass is 127. The second-order valence-electron chi connectivity index (χ2n) is 10.7. The lowest BCUT2D eigenvalue weighted by Crippen LogP contribution is -2.35. The third-order valence-electron chi connectivity index (χ3n) is 7.18. The second-order valence-corrected chi connectivity index (χ2v) is 13.1. The minimum atomic E-state index is -1.31. The smallest absolute Gasteiger partial charge is 0.339 e. The molecule has 0 spiro atoms. The zero-order valence-electron chi connectivity index (χ0n) is 25.9. The summed E-state index contributed by atoms with van der Waals surface area (Å²) in [6.45, 7) is 0. The topological polar surface area (TPSA) is 194 Å². The summed E-state index contributed by atoms with van der Waals surface area (Å²) in [6.07, 6.45) is 5.30. The molecule has 51 heavy (non-hydrogen) atoms. The van der Waals surface area contributed by atoms with Gasteiger partial charge in [0.1, 0.15) is 22.5 Å². The number of aromatic hydroxyl groups is 1. The van der Waals surface area contributed by atoms with Crippen LogP contribution in [-0.4, -0.2) is 50.9 Å². The van der Waals surface area contributed by atoms with E-state index in [0.717, 1.165) is 18.2 Å². The summed E-state index contributed by atoms with van der Waals surface area (Å²) in [5.74, 6) is -4.75. The van der Waals surface area contributed by atoms with Crippen LogP contribution in [0, 0.1) is 7.14 Å². The Kier molecular flexibility index (Phi) is 11.3. The van der Waals surface area contributed by atoms with Crippen molar-refractivity contribution in [3.05, 3.63) is 138 Å². The monoisotopic (exact) mass is 910 g/mol.